The van der Waals surface area contributed by atoms with Gasteiger partial charge in [-0.2, -0.15) is 21.4 Å². The molecule has 5 rings (SSSR count). The summed E-state index contributed by atoms with van der Waals surface area (Å²) in [5.74, 6) is 0.647. The van der Waals surface area contributed by atoms with Gasteiger partial charge in [0.15, 0.2) is 12.3 Å². The Balaban J connectivity index is 1.50. The summed E-state index contributed by atoms with van der Waals surface area (Å²) in [7, 11) is -8.07. The van der Waals surface area contributed by atoms with Crippen LogP contribution in [0, 0.1) is 0 Å². The number of halogens is 1. The normalized spacial score (nSPS) is 15.0. The van der Waals surface area contributed by atoms with E-state index in [0.717, 1.165) is 37.3 Å². The molecule has 0 bridgehead atoms. The van der Waals surface area contributed by atoms with Gasteiger partial charge in [0.2, 0.25) is 11.4 Å². The molecule has 1 aliphatic rings. The molecule has 0 radical (unpaired) electrons. The van der Waals surface area contributed by atoms with Crippen LogP contribution in [0.15, 0.2) is 72.1 Å². The number of hydrogen-bond acceptors (Lipinski definition) is 7. The summed E-state index contributed by atoms with van der Waals surface area (Å²) in [4.78, 5) is 1.97. The summed E-state index contributed by atoms with van der Waals surface area (Å²) in [5, 5.41) is 3.79. The monoisotopic (exact) mass is 677 g/mol. The first-order valence-corrected chi connectivity index (χ1v) is 18.7. The number of benzene rings is 3. The Morgan fingerprint density at radius 2 is 1.64 bits per heavy atom. The molecule has 13 heteroatoms. The minimum Gasteiger partial charge on any atom is -0.439 e. The highest BCUT2D eigenvalue weighted by molar-refractivity contribution is 7.86. The fourth-order valence-electron chi connectivity index (χ4n) is 5.21. The number of anilines is 1. The minimum atomic E-state index is -4.04. The lowest BCUT2D eigenvalue weighted by Gasteiger charge is -2.18. The molecule has 1 aromatic heterocycles. The molecule has 44 heavy (non-hydrogen) atoms. The van der Waals surface area contributed by atoms with E-state index in [0.29, 0.717) is 61.8 Å². The molecule has 0 aliphatic carbocycles. The van der Waals surface area contributed by atoms with E-state index in [1.54, 1.807) is 23.5 Å². The van der Waals surface area contributed by atoms with Gasteiger partial charge in [-0.05, 0) is 66.3 Å². The van der Waals surface area contributed by atoms with E-state index in [4.69, 9.17) is 20.9 Å². The van der Waals surface area contributed by atoms with Gasteiger partial charge in [-0.1, -0.05) is 54.1 Å². The maximum atomic E-state index is 11.3. The van der Waals surface area contributed by atoms with Crippen molar-refractivity contribution in [3.8, 4) is 5.75 Å². The van der Waals surface area contributed by atoms with Gasteiger partial charge in [0, 0.05) is 36.2 Å². The van der Waals surface area contributed by atoms with Crippen LogP contribution in [-0.4, -0.2) is 44.0 Å². The highest BCUT2D eigenvalue weighted by atomic mass is 35.5. The molecule has 3 aromatic carbocycles. The average Bonchev–Trinajstić information content (AvgIpc) is 3.46. The highest BCUT2D eigenvalue weighted by Crippen LogP contribution is 2.41. The zero-order chi connectivity index (χ0) is 31.5. The fourth-order valence-corrected chi connectivity index (χ4v) is 7.71. The molecule has 2 heterocycles. The van der Waals surface area contributed by atoms with Crippen molar-refractivity contribution in [3.63, 3.8) is 0 Å². The van der Waals surface area contributed by atoms with Crippen LogP contribution in [0.5, 0.6) is 5.75 Å². The second-order valence-electron chi connectivity index (χ2n) is 10.7. The van der Waals surface area contributed by atoms with Gasteiger partial charge in [0.25, 0.3) is 25.2 Å². The quantitative estimate of drug-likeness (QED) is 0.0893. The van der Waals surface area contributed by atoms with E-state index in [2.05, 4.69) is 41.8 Å². The third-order valence-corrected chi connectivity index (χ3v) is 10.3. The molecule has 0 fully saturated rings. The molecule has 9 nitrogen and oxygen atoms in total. The van der Waals surface area contributed by atoms with Gasteiger partial charge >= 0.3 is 0 Å². The number of fused-ring (bicyclic) bond motifs is 3. The number of aromatic nitrogens is 1. The van der Waals surface area contributed by atoms with Gasteiger partial charge in [-0.25, -0.2) is 0 Å². The second-order valence-corrected chi connectivity index (χ2v) is 15.3. The lowest BCUT2D eigenvalue weighted by Crippen LogP contribution is -2.35. The summed E-state index contributed by atoms with van der Waals surface area (Å²) >= 11 is 7.95. The Labute approximate surface area is 266 Å². The van der Waals surface area contributed by atoms with E-state index in [1.165, 1.54) is 0 Å². The van der Waals surface area contributed by atoms with Crippen LogP contribution in [0.3, 0.4) is 0 Å². The van der Waals surface area contributed by atoms with Crippen LogP contribution in [0.1, 0.15) is 44.0 Å². The number of unbranched alkanes of at least 4 members (excludes halogenated alkanes) is 2. The van der Waals surface area contributed by atoms with Gasteiger partial charge in [0.1, 0.15) is 4.70 Å². The molecule has 2 N–H and O–H groups in total. The van der Waals surface area contributed by atoms with Gasteiger partial charge in [0.05, 0.1) is 17.2 Å². The predicted molar refractivity (Wildman–Crippen MR) is 177 cm³/mol. The molecule has 0 saturated carbocycles. The van der Waals surface area contributed by atoms with Crippen molar-refractivity contribution in [2.24, 2.45) is 0 Å². The molecule has 234 valence electrons. The van der Waals surface area contributed by atoms with Crippen LogP contribution < -0.4 is 14.2 Å². The predicted octanol–water partition coefficient (Wildman–Crippen LogP) is 6.87. The van der Waals surface area contributed by atoms with Crippen LogP contribution in [0.4, 0.5) is 5.69 Å². The number of rotatable bonds is 13. The molecule has 0 unspecified atom stereocenters. The van der Waals surface area contributed by atoms with Crippen LogP contribution in [-0.2, 0) is 26.8 Å². The standard InChI is InChI=1S/C31H33ClN2O7S3/c1-2-22(17-30-33(13-5-7-15-43(35,36)37)26-21-25(32)11-12-28(26)41-30)18-31-34(14-6-8-16-44(38,39)40)27-19-23-9-3-4-10-24(23)20-29(27)42-31/h3-4,9-12,17-21H,2,5-8,13-16H2,1H3,(H-,35,36,37,38,39,40)/p+1. The van der Waals surface area contributed by atoms with Crippen molar-refractivity contribution in [2.45, 2.75) is 45.6 Å². The van der Waals surface area contributed by atoms with E-state index in [9.17, 15) is 21.4 Å². The summed E-state index contributed by atoms with van der Waals surface area (Å²) in [6.45, 7) is 3.10. The van der Waals surface area contributed by atoms with E-state index < -0.39 is 20.2 Å². The molecule has 0 spiro atoms. The van der Waals surface area contributed by atoms with E-state index >= 15 is 0 Å². The topological polar surface area (TPSA) is 125 Å². The molecular formula is C31H34ClN2O7S3+. The number of ether oxygens (including phenoxy) is 1. The number of thiazole rings is 1. The largest absolute Gasteiger partial charge is 0.439 e. The average molecular weight is 678 g/mol. The van der Waals surface area contributed by atoms with Crippen LogP contribution >= 0.6 is 22.9 Å². The van der Waals surface area contributed by atoms with Crippen molar-refractivity contribution >= 4 is 75.9 Å². The fraction of sp³-hybridized carbons (Fsp3) is 0.323. The zero-order valence-electron chi connectivity index (χ0n) is 24.1. The maximum Gasteiger partial charge on any atom is 0.264 e. The third-order valence-electron chi connectivity index (χ3n) is 7.38. The van der Waals surface area contributed by atoms with Crippen molar-refractivity contribution in [1.82, 2.24) is 0 Å². The van der Waals surface area contributed by atoms with Crippen LogP contribution in [0.2, 0.25) is 5.02 Å². The van der Waals surface area contributed by atoms with Gasteiger partial charge in [-0.3, -0.25) is 9.11 Å². The first kappa shape index (κ1) is 32.4. The second kappa shape index (κ2) is 13.6. The summed E-state index contributed by atoms with van der Waals surface area (Å²) in [5.41, 5.74) is 2.83. The Morgan fingerprint density at radius 1 is 0.955 bits per heavy atom. The summed E-state index contributed by atoms with van der Waals surface area (Å²) in [6.07, 6.45) is 6.49. The van der Waals surface area contributed by atoms with Gasteiger partial charge < -0.3 is 9.64 Å². The lowest BCUT2D eigenvalue weighted by atomic mass is 10.1. The third kappa shape index (κ3) is 8.17. The Hall–Kier alpha value is -3.00. The van der Waals surface area contributed by atoms with Crippen molar-refractivity contribution in [2.75, 3.05) is 23.0 Å². The maximum absolute atomic E-state index is 11.3. The van der Waals surface area contributed by atoms with Crippen molar-refractivity contribution < 1.29 is 35.2 Å². The molecule has 0 saturated heterocycles. The van der Waals surface area contributed by atoms with Gasteiger partial charge in [-0.15, -0.1) is 0 Å². The SMILES string of the molecule is CCC(=C/c1sc2cc3ccccc3cc2[n+]1CCCCS(=O)(=O)O)/C=C1/Oc2ccc(Cl)cc2N1CCCCS(=O)(=O)O. The first-order chi connectivity index (χ1) is 20.9. The number of nitrogens with zero attached hydrogens (tertiary/aromatic N) is 2. The molecule has 0 atom stereocenters. The number of allylic oxidation sites excluding steroid dienone is 2. The van der Waals surface area contributed by atoms with Crippen molar-refractivity contribution in [3.05, 3.63) is 82.2 Å². The lowest BCUT2D eigenvalue weighted by molar-refractivity contribution is -0.669. The minimum absolute atomic E-state index is 0.280. The molecule has 4 aromatic rings. The van der Waals surface area contributed by atoms with E-state index in [1.807, 2.05) is 29.2 Å². The Kier molecular flexibility index (Phi) is 9.98. The summed E-state index contributed by atoms with van der Waals surface area (Å²) in [6, 6.07) is 17.8. The molecular weight excluding hydrogens is 644 g/mol. The molecule has 0 amide bonds. The highest BCUT2D eigenvalue weighted by Gasteiger charge is 2.27. The smallest absolute Gasteiger partial charge is 0.264 e. The van der Waals surface area contributed by atoms with E-state index in [-0.39, 0.29) is 11.5 Å². The zero-order valence-corrected chi connectivity index (χ0v) is 27.4. The first-order valence-electron chi connectivity index (χ1n) is 14.3. The number of aryl methyl sites for hydroxylation is 1. The number of hydrogen-bond donors (Lipinski definition) is 2. The van der Waals surface area contributed by atoms with Crippen molar-refractivity contribution in [1.29, 1.82) is 0 Å². The Morgan fingerprint density at radius 3 is 2.32 bits per heavy atom. The Bertz CT molecular complexity index is 1970. The summed E-state index contributed by atoms with van der Waals surface area (Å²) < 4.78 is 72.9. The van der Waals surface area contributed by atoms with Crippen LogP contribution in [0.25, 0.3) is 27.1 Å². The molecule has 1 aliphatic heterocycles.